The molecule has 3 aliphatic heterocycles. The Morgan fingerprint density at radius 3 is 2.33 bits per heavy atom. The topological polar surface area (TPSA) is 178 Å². The highest BCUT2D eigenvalue weighted by molar-refractivity contribution is 8.01. The summed E-state index contributed by atoms with van der Waals surface area (Å²) >= 11 is 7.80. The van der Waals surface area contributed by atoms with E-state index in [1.54, 1.807) is 0 Å². The van der Waals surface area contributed by atoms with Crippen LogP contribution in [0.4, 0.5) is 0 Å². The molecule has 8 atom stereocenters. The Labute approximate surface area is 200 Å². The number of nitrogens with zero attached hydrogens (tertiary/aromatic N) is 3. The number of halogens is 1. The van der Waals surface area contributed by atoms with Crippen LogP contribution in [0, 0.1) is 0 Å². The Hall–Kier alpha value is -1.32. The van der Waals surface area contributed by atoms with Crippen LogP contribution in [0.15, 0.2) is 4.99 Å². The molecule has 0 aromatic carbocycles. The van der Waals surface area contributed by atoms with Crippen molar-refractivity contribution in [2.24, 2.45) is 10.7 Å². The molecule has 1 amide bonds. The zero-order chi connectivity index (χ0) is 24.9. The first-order valence-corrected chi connectivity index (χ1v) is 11.9. The molecule has 0 aliphatic carbocycles. The number of nitrogens with two attached hydrogens (primary N) is 1. The molecule has 14 heteroatoms. The summed E-state index contributed by atoms with van der Waals surface area (Å²) in [5.41, 5.74) is 4.43. The Morgan fingerprint density at radius 2 is 1.88 bits per heavy atom. The molecule has 0 aromatic heterocycles. The Bertz CT molecular complexity index is 862. The summed E-state index contributed by atoms with van der Waals surface area (Å²) < 4.78 is 5.64. The number of aliphatic hydroxyl groups excluding tert-OH is 3. The summed E-state index contributed by atoms with van der Waals surface area (Å²) in [7, 11) is 0. The van der Waals surface area contributed by atoms with Crippen LogP contribution in [0.1, 0.15) is 34.1 Å². The molecule has 3 heterocycles. The number of nitrogens with one attached hydrogen (secondary N) is 1. The van der Waals surface area contributed by atoms with Crippen molar-refractivity contribution in [1.29, 1.82) is 0 Å². The summed E-state index contributed by atoms with van der Waals surface area (Å²) in [4.78, 5) is 44.1. The van der Waals surface area contributed by atoms with E-state index >= 15 is 0 Å². The van der Waals surface area contributed by atoms with Gasteiger partial charge in [0.05, 0.1) is 12.9 Å². The van der Waals surface area contributed by atoms with E-state index in [0.29, 0.717) is 12.2 Å². The maximum atomic E-state index is 13.1. The van der Waals surface area contributed by atoms with Gasteiger partial charge in [-0.15, -0.1) is 11.8 Å². The lowest BCUT2D eigenvalue weighted by molar-refractivity contribution is -0.176. The standard InChI is InChI=1S/C19H30ClN5O7S/c1-5-6-33-18(10(3)28)23-19(20,21)17(9(2)27)16(25(18)11(4)29)24(8-22-17)15-14(31)13(30)12(7-26)32-15/h8,12-16,23,26,30-31H,5-7,21H2,1-4H3/t12-,13?,14?,15-,16?,17?,18?,19?/m1/s1. The minimum absolute atomic E-state index is 0.442. The lowest BCUT2D eigenvalue weighted by atomic mass is 9.83. The molecule has 2 saturated heterocycles. The average molecular weight is 508 g/mol. The van der Waals surface area contributed by atoms with Gasteiger partial charge in [0.1, 0.15) is 24.5 Å². The summed E-state index contributed by atoms with van der Waals surface area (Å²) in [6, 6.07) is 0. The molecule has 0 saturated carbocycles. The van der Waals surface area contributed by atoms with Crippen LogP contribution in [-0.2, 0) is 19.1 Å². The second-order valence-electron chi connectivity index (χ2n) is 8.39. The number of carbonyl (C=O) groups is 3. The highest BCUT2D eigenvalue weighted by Gasteiger charge is 2.74. The predicted molar refractivity (Wildman–Crippen MR) is 120 cm³/mol. The van der Waals surface area contributed by atoms with Gasteiger partial charge in [-0.05, 0) is 26.0 Å². The molecule has 0 aromatic rings. The fraction of sp³-hybridized carbons (Fsp3) is 0.789. The first kappa shape index (κ1) is 26.3. The van der Waals surface area contributed by atoms with Crippen LogP contribution in [0.3, 0.4) is 0 Å². The van der Waals surface area contributed by atoms with Crippen molar-refractivity contribution < 1.29 is 34.4 Å². The predicted octanol–water partition coefficient (Wildman–Crippen LogP) is -1.89. The quantitative estimate of drug-likeness (QED) is 0.192. The Kier molecular flexibility index (Phi) is 7.20. The van der Waals surface area contributed by atoms with Crippen LogP contribution in [-0.4, -0.2) is 108 Å². The van der Waals surface area contributed by atoms with Gasteiger partial charge in [0.15, 0.2) is 22.9 Å². The number of hydrogen-bond donors (Lipinski definition) is 5. The van der Waals surface area contributed by atoms with E-state index < -0.39 is 70.4 Å². The van der Waals surface area contributed by atoms with Gasteiger partial charge in [0.2, 0.25) is 16.4 Å². The molecule has 186 valence electrons. The van der Waals surface area contributed by atoms with Gasteiger partial charge in [0.25, 0.3) is 0 Å². The van der Waals surface area contributed by atoms with E-state index in [1.165, 1.54) is 25.7 Å². The summed E-state index contributed by atoms with van der Waals surface area (Å²) in [5, 5.41) is 31.1. The lowest BCUT2D eigenvalue weighted by Crippen LogP contribution is -2.88. The van der Waals surface area contributed by atoms with Crippen LogP contribution in [0.25, 0.3) is 0 Å². The third-order valence-corrected chi connectivity index (χ3v) is 8.22. The fourth-order valence-corrected chi connectivity index (χ4v) is 6.42. The number of aliphatic imine (C=N–C) groups is 1. The van der Waals surface area contributed by atoms with Gasteiger partial charge in [-0.3, -0.25) is 30.0 Å². The van der Waals surface area contributed by atoms with E-state index in [4.69, 9.17) is 22.1 Å². The average Bonchev–Trinajstić information content (AvgIpc) is 3.25. The number of rotatable bonds is 7. The van der Waals surface area contributed by atoms with Crippen molar-refractivity contribution in [2.75, 3.05) is 12.4 Å². The maximum absolute atomic E-state index is 13.1. The van der Waals surface area contributed by atoms with E-state index in [-0.39, 0.29) is 0 Å². The van der Waals surface area contributed by atoms with Crippen LogP contribution in [0.2, 0.25) is 0 Å². The highest BCUT2D eigenvalue weighted by Crippen LogP contribution is 2.50. The SMILES string of the molecule is CCCSC1(C(C)=O)NC(N)(Cl)C2(C(C)=O)N=CN([C@@H]3O[C@H](CO)C(O)C3O)C2N1C(C)=O. The molecule has 3 aliphatic rings. The maximum Gasteiger partial charge on any atom is 0.223 e. The number of fused-ring (bicyclic) bond motifs is 1. The third kappa shape index (κ3) is 3.69. The number of aliphatic hydroxyl groups is 3. The number of ketones is 2. The summed E-state index contributed by atoms with van der Waals surface area (Å²) in [6.07, 6.45) is -4.98. The van der Waals surface area contributed by atoms with Crippen molar-refractivity contribution in [2.45, 2.75) is 80.5 Å². The van der Waals surface area contributed by atoms with E-state index in [2.05, 4.69) is 10.3 Å². The normalized spacial score (nSPS) is 42.5. The smallest absolute Gasteiger partial charge is 0.223 e. The molecule has 6 N–H and O–H groups in total. The Balaban J connectivity index is 2.23. The van der Waals surface area contributed by atoms with Gasteiger partial charge < -0.3 is 25.0 Å². The molecular weight excluding hydrogens is 478 g/mol. The second kappa shape index (κ2) is 9.04. The molecular formula is C19H30ClN5O7S. The molecule has 0 bridgehead atoms. The van der Waals surface area contributed by atoms with Gasteiger partial charge in [0, 0.05) is 6.92 Å². The van der Waals surface area contributed by atoms with Crippen molar-refractivity contribution in [3.8, 4) is 0 Å². The number of Topliss-reactive ketones (excluding diaryl/α,β-unsaturated/α-hetero) is 2. The monoisotopic (exact) mass is 507 g/mol. The van der Waals surface area contributed by atoms with Crippen molar-refractivity contribution in [3.63, 3.8) is 0 Å². The molecule has 6 unspecified atom stereocenters. The van der Waals surface area contributed by atoms with Crippen LogP contribution in [0.5, 0.6) is 0 Å². The lowest BCUT2D eigenvalue weighted by Gasteiger charge is -2.60. The van der Waals surface area contributed by atoms with Crippen molar-refractivity contribution in [3.05, 3.63) is 0 Å². The van der Waals surface area contributed by atoms with Gasteiger partial charge in [-0.2, -0.15) is 0 Å². The first-order valence-electron chi connectivity index (χ1n) is 10.5. The summed E-state index contributed by atoms with van der Waals surface area (Å²) in [5.74, 6) is -1.24. The fourth-order valence-electron chi connectivity index (χ4n) is 4.65. The second-order valence-corrected chi connectivity index (χ2v) is 10.3. The minimum atomic E-state index is -2.12. The van der Waals surface area contributed by atoms with Gasteiger partial charge >= 0.3 is 0 Å². The zero-order valence-corrected chi connectivity index (χ0v) is 20.3. The van der Waals surface area contributed by atoms with Gasteiger partial charge in [-0.25, -0.2) is 5.32 Å². The number of hydrogen-bond acceptors (Lipinski definition) is 12. The molecule has 0 spiro atoms. The third-order valence-electron chi connectivity index (χ3n) is 6.22. The number of ether oxygens (including phenoxy) is 1. The van der Waals surface area contributed by atoms with E-state index in [1.807, 2.05) is 6.92 Å². The number of carbonyl (C=O) groups excluding carboxylic acids is 3. The van der Waals surface area contributed by atoms with Crippen molar-refractivity contribution >= 4 is 47.2 Å². The van der Waals surface area contributed by atoms with Crippen LogP contribution < -0.4 is 11.1 Å². The molecule has 0 radical (unpaired) electrons. The van der Waals surface area contributed by atoms with E-state index in [0.717, 1.165) is 23.0 Å². The zero-order valence-electron chi connectivity index (χ0n) is 18.8. The molecule has 3 rings (SSSR count). The molecule has 12 nitrogen and oxygen atoms in total. The molecule has 33 heavy (non-hydrogen) atoms. The number of amides is 1. The van der Waals surface area contributed by atoms with Gasteiger partial charge in [-0.1, -0.05) is 18.5 Å². The Morgan fingerprint density at radius 1 is 1.24 bits per heavy atom. The van der Waals surface area contributed by atoms with Crippen LogP contribution >= 0.6 is 23.4 Å². The number of alkyl halides is 1. The van der Waals surface area contributed by atoms with E-state index in [9.17, 15) is 29.7 Å². The minimum Gasteiger partial charge on any atom is -0.394 e. The summed E-state index contributed by atoms with van der Waals surface area (Å²) in [6.45, 7) is 5.01. The number of thioether (sulfide) groups is 1. The largest absolute Gasteiger partial charge is 0.394 e. The first-order chi connectivity index (χ1) is 15.3. The molecule has 2 fully saturated rings. The van der Waals surface area contributed by atoms with Crippen molar-refractivity contribution in [1.82, 2.24) is 15.1 Å². The highest BCUT2D eigenvalue weighted by atomic mass is 35.5.